The molecule has 19 heavy (non-hydrogen) atoms. The predicted molar refractivity (Wildman–Crippen MR) is 67.9 cm³/mol. The van der Waals surface area contributed by atoms with E-state index >= 15 is 0 Å². The van der Waals surface area contributed by atoms with Crippen molar-refractivity contribution in [1.29, 1.82) is 0 Å². The standard InChI is InChI=1S/C12H16F2N2O2S/c13-11(14)7-16-12(8-15)5-6-19(17,18)10-4-2-1-3-9(10)12/h1-4,11,16H,5-8,15H2. The fourth-order valence-electron chi connectivity index (χ4n) is 2.43. The molecular formula is C12H16F2N2O2S. The Morgan fingerprint density at radius 1 is 1.37 bits per heavy atom. The number of hydrogen-bond donors (Lipinski definition) is 2. The van der Waals surface area contributed by atoms with Crippen LogP contribution in [0.4, 0.5) is 8.78 Å². The molecule has 0 aliphatic carbocycles. The molecule has 4 nitrogen and oxygen atoms in total. The number of halogens is 2. The lowest BCUT2D eigenvalue weighted by Crippen LogP contribution is -2.53. The smallest absolute Gasteiger partial charge is 0.250 e. The fourth-order valence-corrected chi connectivity index (χ4v) is 4.15. The van der Waals surface area contributed by atoms with Gasteiger partial charge in [0.1, 0.15) is 0 Å². The van der Waals surface area contributed by atoms with Crippen molar-refractivity contribution in [2.45, 2.75) is 23.3 Å². The van der Waals surface area contributed by atoms with Crippen molar-refractivity contribution in [3.8, 4) is 0 Å². The number of sulfone groups is 1. The third kappa shape index (κ3) is 2.63. The van der Waals surface area contributed by atoms with Gasteiger partial charge in [-0.1, -0.05) is 18.2 Å². The molecule has 0 amide bonds. The van der Waals surface area contributed by atoms with E-state index in [0.29, 0.717) is 5.56 Å². The summed E-state index contributed by atoms with van der Waals surface area (Å²) in [5.74, 6) is -0.0859. The highest BCUT2D eigenvalue weighted by Gasteiger charge is 2.41. The maximum atomic E-state index is 12.4. The number of fused-ring (bicyclic) bond motifs is 1. The number of alkyl halides is 2. The topological polar surface area (TPSA) is 72.2 Å². The van der Waals surface area contributed by atoms with Gasteiger partial charge in [0.15, 0.2) is 9.84 Å². The molecule has 1 heterocycles. The van der Waals surface area contributed by atoms with Crippen LogP contribution in [-0.2, 0) is 15.4 Å². The Kier molecular flexibility index (Phi) is 3.89. The molecule has 0 spiro atoms. The van der Waals surface area contributed by atoms with Crippen LogP contribution >= 0.6 is 0 Å². The van der Waals surface area contributed by atoms with E-state index in [4.69, 9.17) is 5.73 Å². The minimum Gasteiger partial charge on any atom is -0.328 e. The van der Waals surface area contributed by atoms with E-state index in [0.717, 1.165) is 0 Å². The van der Waals surface area contributed by atoms with Crippen LogP contribution in [0.5, 0.6) is 0 Å². The van der Waals surface area contributed by atoms with Crippen molar-refractivity contribution in [2.75, 3.05) is 18.8 Å². The van der Waals surface area contributed by atoms with E-state index in [1.54, 1.807) is 18.2 Å². The molecule has 7 heteroatoms. The summed E-state index contributed by atoms with van der Waals surface area (Å²) in [5, 5.41) is 2.74. The van der Waals surface area contributed by atoms with Crippen LogP contribution in [0.25, 0.3) is 0 Å². The summed E-state index contributed by atoms with van der Waals surface area (Å²) in [6.07, 6.45) is -2.30. The minimum atomic E-state index is -3.34. The predicted octanol–water partition coefficient (Wildman–Crippen LogP) is 0.873. The van der Waals surface area contributed by atoms with Crippen molar-refractivity contribution in [3.63, 3.8) is 0 Å². The van der Waals surface area contributed by atoms with E-state index in [1.165, 1.54) is 6.07 Å². The molecular weight excluding hydrogens is 274 g/mol. The molecule has 1 unspecified atom stereocenters. The second-order valence-corrected chi connectivity index (χ2v) is 6.70. The molecule has 1 aromatic rings. The molecule has 1 aromatic carbocycles. The monoisotopic (exact) mass is 290 g/mol. The Morgan fingerprint density at radius 3 is 2.68 bits per heavy atom. The lowest BCUT2D eigenvalue weighted by molar-refractivity contribution is 0.127. The second kappa shape index (κ2) is 5.15. The third-order valence-electron chi connectivity index (χ3n) is 3.48. The maximum absolute atomic E-state index is 12.4. The maximum Gasteiger partial charge on any atom is 0.250 e. The van der Waals surface area contributed by atoms with Gasteiger partial charge in [0.05, 0.1) is 22.7 Å². The Labute approximate surface area is 110 Å². The molecule has 106 valence electrons. The zero-order chi connectivity index (χ0) is 14.1. The van der Waals surface area contributed by atoms with Gasteiger partial charge in [0, 0.05) is 6.54 Å². The molecule has 2 rings (SSSR count). The van der Waals surface area contributed by atoms with Gasteiger partial charge in [-0.05, 0) is 18.1 Å². The zero-order valence-corrected chi connectivity index (χ0v) is 11.1. The molecule has 1 aliphatic rings. The first-order valence-corrected chi connectivity index (χ1v) is 7.62. The zero-order valence-electron chi connectivity index (χ0n) is 10.3. The first-order valence-electron chi connectivity index (χ1n) is 5.97. The van der Waals surface area contributed by atoms with Gasteiger partial charge in [-0.3, -0.25) is 0 Å². The number of hydrogen-bond acceptors (Lipinski definition) is 4. The van der Waals surface area contributed by atoms with E-state index in [1.807, 2.05) is 0 Å². The molecule has 1 aliphatic heterocycles. The van der Waals surface area contributed by atoms with Crippen LogP contribution in [0.2, 0.25) is 0 Å². The lowest BCUT2D eigenvalue weighted by Gasteiger charge is -2.38. The summed E-state index contributed by atoms with van der Waals surface area (Å²) in [5.41, 5.74) is 5.33. The summed E-state index contributed by atoms with van der Waals surface area (Å²) in [6, 6.07) is 6.44. The highest BCUT2D eigenvalue weighted by molar-refractivity contribution is 7.91. The molecule has 0 saturated carbocycles. The summed E-state index contributed by atoms with van der Waals surface area (Å²) in [6.45, 7) is -0.433. The average Bonchev–Trinajstić information content (AvgIpc) is 2.39. The van der Waals surface area contributed by atoms with Gasteiger partial charge >= 0.3 is 0 Å². The first-order chi connectivity index (χ1) is 8.91. The number of rotatable bonds is 4. The first kappa shape index (κ1) is 14.4. The molecule has 1 atom stereocenters. The van der Waals surface area contributed by atoms with Crippen molar-refractivity contribution in [2.24, 2.45) is 5.73 Å². The van der Waals surface area contributed by atoms with Gasteiger partial charge in [-0.2, -0.15) is 0 Å². The largest absolute Gasteiger partial charge is 0.328 e. The molecule has 0 aromatic heterocycles. The summed E-state index contributed by atoms with van der Waals surface area (Å²) in [7, 11) is -3.34. The molecule has 0 saturated heterocycles. The van der Waals surface area contributed by atoms with Gasteiger partial charge in [-0.25, -0.2) is 17.2 Å². The molecule has 3 N–H and O–H groups in total. The van der Waals surface area contributed by atoms with Crippen LogP contribution in [0.15, 0.2) is 29.2 Å². The lowest BCUT2D eigenvalue weighted by atomic mass is 9.86. The average molecular weight is 290 g/mol. The van der Waals surface area contributed by atoms with E-state index in [2.05, 4.69) is 5.32 Å². The third-order valence-corrected chi connectivity index (χ3v) is 5.25. The van der Waals surface area contributed by atoms with Crippen LogP contribution in [-0.4, -0.2) is 33.7 Å². The van der Waals surface area contributed by atoms with E-state index < -0.39 is 28.3 Å². The summed E-state index contributed by atoms with van der Waals surface area (Å²) >= 11 is 0. The van der Waals surface area contributed by atoms with E-state index in [-0.39, 0.29) is 23.6 Å². The van der Waals surface area contributed by atoms with Gasteiger partial charge in [0.25, 0.3) is 6.43 Å². The summed E-state index contributed by atoms with van der Waals surface area (Å²) < 4.78 is 48.8. The highest BCUT2D eigenvalue weighted by Crippen LogP contribution is 2.36. The van der Waals surface area contributed by atoms with Crippen LogP contribution in [0.1, 0.15) is 12.0 Å². The Bertz CT molecular complexity index is 563. The number of nitrogens with two attached hydrogens (primary N) is 1. The van der Waals surface area contributed by atoms with Gasteiger partial charge in [-0.15, -0.1) is 0 Å². The Hall–Kier alpha value is -1.05. The number of benzene rings is 1. The van der Waals surface area contributed by atoms with Crippen molar-refractivity contribution < 1.29 is 17.2 Å². The molecule has 0 fully saturated rings. The van der Waals surface area contributed by atoms with Crippen LogP contribution < -0.4 is 11.1 Å². The van der Waals surface area contributed by atoms with Crippen molar-refractivity contribution in [3.05, 3.63) is 29.8 Å². The van der Waals surface area contributed by atoms with Gasteiger partial charge < -0.3 is 11.1 Å². The Morgan fingerprint density at radius 2 is 2.05 bits per heavy atom. The fraction of sp³-hybridized carbons (Fsp3) is 0.500. The number of nitrogens with one attached hydrogen (secondary N) is 1. The minimum absolute atomic E-state index is 0.0756. The van der Waals surface area contributed by atoms with Crippen molar-refractivity contribution in [1.82, 2.24) is 5.32 Å². The molecule has 0 bridgehead atoms. The van der Waals surface area contributed by atoms with E-state index in [9.17, 15) is 17.2 Å². The quantitative estimate of drug-likeness (QED) is 0.863. The van der Waals surface area contributed by atoms with Crippen molar-refractivity contribution >= 4 is 9.84 Å². The second-order valence-electron chi connectivity index (χ2n) is 4.62. The highest BCUT2D eigenvalue weighted by atomic mass is 32.2. The molecule has 0 radical (unpaired) electrons. The van der Waals surface area contributed by atoms with Crippen LogP contribution in [0.3, 0.4) is 0 Å². The Balaban J connectivity index is 2.47. The van der Waals surface area contributed by atoms with Crippen LogP contribution in [0, 0.1) is 0 Å². The normalized spacial score (nSPS) is 25.3. The summed E-state index contributed by atoms with van der Waals surface area (Å²) in [4.78, 5) is 0.188. The van der Waals surface area contributed by atoms with Gasteiger partial charge in [0.2, 0.25) is 0 Å². The SMILES string of the molecule is NCC1(NCC(F)F)CCS(=O)(=O)c2ccccc21.